The lowest BCUT2D eigenvalue weighted by atomic mass is 9.97. The Morgan fingerprint density at radius 2 is 2.00 bits per heavy atom. The number of carbonyl (C=O) groups excluding carboxylic acids is 1. The molecule has 0 saturated heterocycles. The number of carbonyl (C=O) groups is 1. The minimum absolute atomic E-state index is 0.101. The maximum atomic E-state index is 12.3. The van der Waals surface area contributed by atoms with Gasteiger partial charge in [-0.15, -0.1) is 0 Å². The first-order chi connectivity index (χ1) is 10.2. The molecule has 1 saturated carbocycles. The topological polar surface area (TPSA) is 47.6 Å². The lowest BCUT2D eigenvalue weighted by Gasteiger charge is -2.28. The molecule has 0 aromatic rings. The second kappa shape index (κ2) is 10.2. The Kier molecular flexibility index (Phi) is 8.93. The molecule has 0 aliphatic heterocycles. The quantitative estimate of drug-likeness (QED) is 0.469. The van der Waals surface area contributed by atoms with Gasteiger partial charge in [0.25, 0.3) is 0 Å². The lowest BCUT2D eigenvalue weighted by Crippen LogP contribution is -2.51. The van der Waals surface area contributed by atoms with E-state index >= 15 is 0 Å². The van der Waals surface area contributed by atoms with Crippen LogP contribution in [0.5, 0.6) is 0 Å². The summed E-state index contributed by atoms with van der Waals surface area (Å²) >= 11 is 0. The summed E-state index contributed by atoms with van der Waals surface area (Å²) in [4.78, 5) is 12.3. The smallest absolute Gasteiger partial charge is 0.326 e. The molecule has 1 rings (SSSR count). The van der Waals surface area contributed by atoms with E-state index in [1.807, 2.05) is 6.92 Å². The minimum Gasteiger partial charge on any atom is -0.465 e. The molecule has 1 N–H and O–H groups in total. The third-order valence-corrected chi connectivity index (χ3v) is 4.20. The summed E-state index contributed by atoms with van der Waals surface area (Å²) in [7, 11) is 0. The molecule has 0 aromatic carbocycles. The lowest BCUT2D eigenvalue weighted by molar-refractivity contribution is -0.151. The summed E-state index contributed by atoms with van der Waals surface area (Å²) in [5.74, 6) is -0.101. The van der Waals surface area contributed by atoms with Crippen molar-refractivity contribution >= 4 is 5.97 Å². The number of hydrogen-bond acceptors (Lipinski definition) is 4. The van der Waals surface area contributed by atoms with Gasteiger partial charge in [0.15, 0.2) is 0 Å². The van der Waals surface area contributed by atoms with Crippen LogP contribution in [0.15, 0.2) is 0 Å². The van der Waals surface area contributed by atoms with Crippen LogP contribution in [0.25, 0.3) is 0 Å². The third-order valence-electron chi connectivity index (χ3n) is 4.20. The average Bonchev–Trinajstić information content (AvgIpc) is 2.90. The first kappa shape index (κ1) is 18.4. The summed E-state index contributed by atoms with van der Waals surface area (Å²) in [5, 5.41) is 3.42. The largest absolute Gasteiger partial charge is 0.465 e. The fourth-order valence-electron chi connectivity index (χ4n) is 2.97. The molecule has 1 fully saturated rings. The number of unbranched alkanes of at least 4 members (excludes halogenated alkanes) is 3. The van der Waals surface area contributed by atoms with Crippen LogP contribution in [0.1, 0.15) is 72.1 Å². The molecule has 2 unspecified atom stereocenters. The standard InChI is InChI=1S/C17H33NO3/c1-4-7-8-9-13-21-15-10-11-17(14-15,18-12-5-2)16(19)20-6-3/h15,18H,4-14H2,1-3H3. The molecule has 4 heteroatoms. The first-order valence-corrected chi connectivity index (χ1v) is 8.72. The normalized spacial score (nSPS) is 25.2. The zero-order valence-electron chi connectivity index (χ0n) is 14.1. The Hall–Kier alpha value is -0.610. The van der Waals surface area contributed by atoms with Crippen molar-refractivity contribution in [3.8, 4) is 0 Å². The highest BCUT2D eigenvalue weighted by Crippen LogP contribution is 2.33. The van der Waals surface area contributed by atoms with Gasteiger partial charge >= 0.3 is 5.97 Å². The van der Waals surface area contributed by atoms with E-state index in [9.17, 15) is 4.79 Å². The number of esters is 1. The van der Waals surface area contributed by atoms with Crippen molar-refractivity contribution in [3.05, 3.63) is 0 Å². The molecule has 4 nitrogen and oxygen atoms in total. The van der Waals surface area contributed by atoms with E-state index in [2.05, 4.69) is 19.2 Å². The predicted molar refractivity (Wildman–Crippen MR) is 85.4 cm³/mol. The van der Waals surface area contributed by atoms with E-state index in [0.29, 0.717) is 6.61 Å². The maximum Gasteiger partial charge on any atom is 0.326 e. The van der Waals surface area contributed by atoms with E-state index < -0.39 is 5.54 Å². The average molecular weight is 299 g/mol. The molecule has 0 aromatic heterocycles. The van der Waals surface area contributed by atoms with Gasteiger partial charge in [-0.25, -0.2) is 0 Å². The summed E-state index contributed by atoms with van der Waals surface area (Å²) in [6.07, 6.45) is 8.62. The van der Waals surface area contributed by atoms with Crippen LogP contribution in [0.3, 0.4) is 0 Å². The molecule has 0 radical (unpaired) electrons. The molecule has 0 amide bonds. The summed E-state index contributed by atoms with van der Waals surface area (Å²) < 4.78 is 11.2. The van der Waals surface area contributed by atoms with Gasteiger partial charge in [0.1, 0.15) is 5.54 Å². The third kappa shape index (κ3) is 5.95. The van der Waals surface area contributed by atoms with Crippen LogP contribution in [0, 0.1) is 0 Å². The van der Waals surface area contributed by atoms with E-state index in [-0.39, 0.29) is 12.1 Å². The summed E-state index contributed by atoms with van der Waals surface area (Å²) in [6.45, 7) is 8.30. The molecule has 1 aliphatic rings. The first-order valence-electron chi connectivity index (χ1n) is 8.72. The zero-order valence-corrected chi connectivity index (χ0v) is 14.1. The highest BCUT2D eigenvalue weighted by atomic mass is 16.5. The molecular weight excluding hydrogens is 266 g/mol. The number of ether oxygens (including phenoxy) is 2. The maximum absolute atomic E-state index is 12.3. The Labute approximate surface area is 130 Å². The Morgan fingerprint density at radius 1 is 1.19 bits per heavy atom. The van der Waals surface area contributed by atoms with E-state index in [0.717, 1.165) is 45.3 Å². The Morgan fingerprint density at radius 3 is 2.67 bits per heavy atom. The zero-order chi connectivity index (χ0) is 15.6. The second-order valence-electron chi connectivity index (χ2n) is 6.03. The molecule has 1 aliphatic carbocycles. The monoisotopic (exact) mass is 299 g/mol. The van der Waals surface area contributed by atoms with Gasteiger partial charge in [0.2, 0.25) is 0 Å². The van der Waals surface area contributed by atoms with E-state index in [1.54, 1.807) is 0 Å². The van der Waals surface area contributed by atoms with Gasteiger partial charge in [0.05, 0.1) is 12.7 Å². The SMILES string of the molecule is CCCCCCOC1CCC(NCCC)(C(=O)OCC)C1. The van der Waals surface area contributed by atoms with Crippen LogP contribution in [0.2, 0.25) is 0 Å². The van der Waals surface area contributed by atoms with Gasteiger partial charge in [-0.1, -0.05) is 33.1 Å². The fraction of sp³-hybridized carbons (Fsp3) is 0.941. The van der Waals surface area contributed by atoms with Crippen molar-refractivity contribution in [2.24, 2.45) is 0 Å². The van der Waals surface area contributed by atoms with Crippen LogP contribution >= 0.6 is 0 Å². The van der Waals surface area contributed by atoms with Gasteiger partial charge in [0, 0.05) is 13.0 Å². The van der Waals surface area contributed by atoms with Crippen molar-refractivity contribution in [3.63, 3.8) is 0 Å². The number of nitrogens with one attached hydrogen (secondary N) is 1. The highest BCUT2D eigenvalue weighted by molar-refractivity contribution is 5.81. The summed E-state index contributed by atoms with van der Waals surface area (Å²) in [5.41, 5.74) is -0.514. The molecular formula is C17H33NO3. The second-order valence-corrected chi connectivity index (χ2v) is 6.03. The van der Waals surface area contributed by atoms with Gasteiger partial charge < -0.3 is 14.8 Å². The van der Waals surface area contributed by atoms with Gasteiger partial charge in [-0.3, -0.25) is 4.79 Å². The van der Waals surface area contributed by atoms with Crippen molar-refractivity contribution in [2.45, 2.75) is 83.8 Å². The van der Waals surface area contributed by atoms with E-state index in [4.69, 9.17) is 9.47 Å². The number of hydrogen-bond donors (Lipinski definition) is 1. The summed E-state index contributed by atoms with van der Waals surface area (Å²) in [6, 6.07) is 0. The van der Waals surface area contributed by atoms with Crippen molar-refractivity contribution in [1.29, 1.82) is 0 Å². The van der Waals surface area contributed by atoms with E-state index in [1.165, 1.54) is 19.3 Å². The van der Waals surface area contributed by atoms with Crippen LogP contribution in [-0.4, -0.2) is 37.4 Å². The van der Waals surface area contributed by atoms with Crippen LogP contribution < -0.4 is 5.32 Å². The molecule has 0 spiro atoms. The van der Waals surface area contributed by atoms with Crippen LogP contribution in [-0.2, 0) is 14.3 Å². The molecule has 0 bridgehead atoms. The van der Waals surface area contributed by atoms with Gasteiger partial charge in [-0.2, -0.15) is 0 Å². The molecule has 124 valence electrons. The van der Waals surface area contributed by atoms with Crippen molar-refractivity contribution in [2.75, 3.05) is 19.8 Å². The molecule has 21 heavy (non-hydrogen) atoms. The Bertz CT molecular complexity index is 296. The fourth-order valence-corrected chi connectivity index (χ4v) is 2.97. The van der Waals surface area contributed by atoms with Crippen molar-refractivity contribution < 1.29 is 14.3 Å². The molecule has 2 atom stereocenters. The van der Waals surface area contributed by atoms with Crippen LogP contribution in [0.4, 0.5) is 0 Å². The Balaban J connectivity index is 2.42. The molecule has 0 heterocycles. The van der Waals surface area contributed by atoms with Gasteiger partial charge in [-0.05, 0) is 39.2 Å². The predicted octanol–water partition coefficient (Wildman–Crippen LogP) is 3.44. The minimum atomic E-state index is -0.514. The number of rotatable bonds is 11. The van der Waals surface area contributed by atoms with Crippen molar-refractivity contribution in [1.82, 2.24) is 5.32 Å². The highest BCUT2D eigenvalue weighted by Gasteiger charge is 2.46.